The molecule has 1 atom stereocenters. The summed E-state index contributed by atoms with van der Waals surface area (Å²) in [6.45, 7) is 9.46. The first-order valence-electron chi connectivity index (χ1n) is 13.4. The molecule has 1 unspecified atom stereocenters. The number of rotatable bonds is 4. The maximum atomic E-state index is 13.8. The fourth-order valence-electron chi connectivity index (χ4n) is 6.93. The van der Waals surface area contributed by atoms with Crippen LogP contribution in [0.15, 0.2) is 53.9 Å². The third-order valence-electron chi connectivity index (χ3n) is 8.88. The average molecular weight is 488 g/mol. The Balaban J connectivity index is 1.30. The van der Waals surface area contributed by atoms with Crippen molar-refractivity contribution in [1.29, 1.82) is 0 Å². The third kappa shape index (κ3) is 4.22. The second-order valence-electron chi connectivity index (χ2n) is 11.2. The van der Waals surface area contributed by atoms with Gasteiger partial charge in [-0.25, -0.2) is 0 Å². The molecule has 2 saturated heterocycles. The fraction of sp³-hybridized carbons (Fsp3) is 0.500. The number of benzene rings is 2. The first-order chi connectivity index (χ1) is 17.0. The maximum Gasteiger partial charge on any atom is 0.254 e. The van der Waals surface area contributed by atoms with E-state index in [2.05, 4.69) is 70.7 Å². The zero-order valence-electron chi connectivity index (χ0n) is 21.0. The lowest BCUT2D eigenvalue weighted by molar-refractivity contribution is -0.0601. The van der Waals surface area contributed by atoms with Gasteiger partial charge in [0.1, 0.15) is 0 Å². The molecule has 6 rings (SSSR count). The topological polar surface area (TPSA) is 35.6 Å². The molecule has 35 heavy (non-hydrogen) atoms. The van der Waals surface area contributed by atoms with E-state index in [9.17, 15) is 4.79 Å². The highest BCUT2D eigenvalue weighted by Gasteiger charge is 2.49. The summed E-state index contributed by atoms with van der Waals surface area (Å²) in [6.07, 6.45) is 5.27. The van der Waals surface area contributed by atoms with Gasteiger partial charge < -0.3 is 10.2 Å². The molecule has 4 nitrogen and oxygen atoms in total. The number of thiophene rings is 1. The second-order valence-corrected chi connectivity index (χ2v) is 12.2. The molecular formula is C30H37N3OS. The van der Waals surface area contributed by atoms with Crippen molar-refractivity contribution in [3.05, 3.63) is 70.6 Å². The Kier molecular flexibility index (Phi) is 6.20. The molecule has 2 aromatic carbocycles. The van der Waals surface area contributed by atoms with Crippen LogP contribution < -0.4 is 5.32 Å². The molecule has 3 heterocycles. The van der Waals surface area contributed by atoms with Crippen LogP contribution in [0.25, 0.3) is 10.1 Å². The molecule has 1 spiro atoms. The standard InChI is InChI=1S/C30H37N3OS/c1-21(2)23-6-3-4-7-24(23)27-20-32(29(34)26-8-5-9-28-25(26)10-17-35-28)15-16-33(27)22-18-30(19-22)11-13-31-14-12-30/h3-10,17,21-22,27,31H,11-16,18-20H2,1-2H3. The van der Waals surface area contributed by atoms with Crippen molar-refractivity contribution in [3.8, 4) is 0 Å². The summed E-state index contributed by atoms with van der Waals surface area (Å²) in [6, 6.07) is 18.1. The van der Waals surface area contributed by atoms with E-state index >= 15 is 0 Å². The SMILES string of the molecule is CC(C)c1ccccc1C1CN(C(=O)c2cccc3sccc23)CCN1C1CC2(CCNCC2)C1. The van der Waals surface area contributed by atoms with Crippen LogP contribution in [-0.2, 0) is 0 Å². The molecule has 0 bridgehead atoms. The Morgan fingerprint density at radius 2 is 1.83 bits per heavy atom. The van der Waals surface area contributed by atoms with Gasteiger partial charge in [-0.05, 0) is 84.8 Å². The van der Waals surface area contributed by atoms with Gasteiger partial charge in [-0.1, -0.05) is 44.2 Å². The van der Waals surface area contributed by atoms with Crippen LogP contribution in [0.1, 0.15) is 73.0 Å². The van der Waals surface area contributed by atoms with Crippen molar-refractivity contribution >= 4 is 27.3 Å². The number of piperidine rings is 1. The quantitative estimate of drug-likeness (QED) is 0.486. The molecule has 3 fully saturated rings. The minimum absolute atomic E-state index is 0.184. The van der Waals surface area contributed by atoms with Crippen molar-refractivity contribution in [2.24, 2.45) is 5.41 Å². The van der Waals surface area contributed by atoms with Crippen LogP contribution in [0, 0.1) is 5.41 Å². The van der Waals surface area contributed by atoms with E-state index < -0.39 is 0 Å². The zero-order chi connectivity index (χ0) is 24.0. The lowest BCUT2D eigenvalue weighted by atomic mass is 9.60. The number of hydrogen-bond donors (Lipinski definition) is 1. The molecule has 1 aliphatic carbocycles. The van der Waals surface area contributed by atoms with Crippen molar-refractivity contribution in [1.82, 2.24) is 15.1 Å². The lowest BCUT2D eigenvalue weighted by Gasteiger charge is -2.57. The monoisotopic (exact) mass is 487 g/mol. The van der Waals surface area contributed by atoms with Gasteiger partial charge in [0.25, 0.3) is 5.91 Å². The second kappa shape index (κ2) is 9.34. The Morgan fingerprint density at radius 1 is 1.03 bits per heavy atom. The number of hydrogen-bond acceptors (Lipinski definition) is 4. The van der Waals surface area contributed by atoms with Gasteiger partial charge in [-0.3, -0.25) is 9.69 Å². The minimum atomic E-state index is 0.184. The van der Waals surface area contributed by atoms with E-state index in [1.54, 1.807) is 11.3 Å². The number of nitrogens with zero attached hydrogens (tertiary/aromatic N) is 2. The van der Waals surface area contributed by atoms with Gasteiger partial charge in [0, 0.05) is 41.3 Å². The summed E-state index contributed by atoms with van der Waals surface area (Å²) in [5.74, 6) is 0.653. The molecule has 3 aliphatic rings. The highest BCUT2D eigenvalue weighted by atomic mass is 32.1. The first-order valence-corrected chi connectivity index (χ1v) is 14.2. The van der Waals surface area contributed by atoms with Crippen LogP contribution in [0.2, 0.25) is 0 Å². The van der Waals surface area contributed by atoms with Crippen LogP contribution in [-0.4, -0.2) is 54.5 Å². The highest BCUT2D eigenvalue weighted by molar-refractivity contribution is 7.17. The van der Waals surface area contributed by atoms with Crippen LogP contribution in [0.4, 0.5) is 0 Å². The van der Waals surface area contributed by atoms with Crippen LogP contribution in [0.5, 0.6) is 0 Å². The Bertz CT molecular complexity index is 1200. The molecule has 0 radical (unpaired) electrons. The predicted octanol–water partition coefficient (Wildman–Crippen LogP) is 6.06. The van der Waals surface area contributed by atoms with E-state index in [1.807, 2.05) is 12.1 Å². The summed E-state index contributed by atoms with van der Waals surface area (Å²) in [5.41, 5.74) is 4.25. The number of carbonyl (C=O) groups excluding carboxylic acids is 1. The molecule has 5 heteroatoms. The van der Waals surface area contributed by atoms with E-state index in [0.29, 0.717) is 17.4 Å². The van der Waals surface area contributed by atoms with E-state index in [4.69, 9.17) is 0 Å². The highest BCUT2D eigenvalue weighted by Crippen LogP contribution is 2.52. The molecule has 1 saturated carbocycles. The van der Waals surface area contributed by atoms with Gasteiger partial charge in [0.2, 0.25) is 0 Å². The Labute approximate surface area is 213 Å². The number of carbonyl (C=O) groups is 1. The van der Waals surface area contributed by atoms with Crippen LogP contribution in [0.3, 0.4) is 0 Å². The smallest absolute Gasteiger partial charge is 0.254 e. The minimum Gasteiger partial charge on any atom is -0.335 e. The van der Waals surface area contributed by atoms with Gasteiger partial charge in [-0.15, -0.1) is 11.3 Å². The van der Waals surface area contributed by atoms with Crippen molar-refractivity contribution in [3.63, 3.8) is 0 Å². The molecule has 1 aromatic heterocycles. The molecule has 3 aromatic rings. The lowest BCUT2D eigenvalue weighted by Crippen LogP contribution is -2.60. The average Bonchev–Trinajstić information content (AvgIpc) is 3.36. The maximum absolute atomic E-state index is 13.8. The fourth-order valence-corrected chi connectivity index (χ4v) is 7.74. The van der Waals surface area contributed by atoms with Gasteiger partial charge in [0.05, 0.1) is 6.04 Å². The molecule has 184 valence electrons. The van der Waals surface area contributed by atoms with Crippen molar-refractivity contribution < 1.29 is 4.79 Å². The third-order valence-corrected chi connectivity index (χ3v) is 9.76. The number of fused-ring (bicyclic) bond motifs is 1. The number of piperazine rings is 1. The summed E-state index contributed by atoms with van der Waals surface area (Å²) in [4.78, 5) is 18.7. The van der Waals surface area contributed by atoms with E-state index in [0.717, 1.165) is 30.6 Å². The summed E-state index contributed by atoms with van der Waals surface area (Å²) < 4.78 is 1.19. The molecule has 1 N–H and O–H groups in total. The van der Waals surface area contributed by atoms with Gasteiger partial charge in [-0.2, -0.15) is 0 Å². The largest absolute Gasteiger partial charge is 0.335 e. The van der Waals surface area contributed by atoms with E-state index in [1.165, 1.54) is 54.6 Å². The van der Waals surface area contributed by atoms with Crippen LogP contribution >= 0.6 is 11.3 Å². The normalized spacial score (nSPS) is 23.2. The van der Waals surface area contributed by atoms with Crippen molar-refractivity contribution in [2.75, 3.05) is 32.7 Å². The summed E-state index contributed by atoms with van der Waals surface area (Å²) in [5, 5.41) is 6.73. The molecule has 2 aliphatic heterocycles. The predicted molar refractivity (Wildman–Crippen MR) is 145 cm³/mol. The molecule has 1 amide bonds. The van der Waals surface area contributed by atoms with Crippen molar-refractivity contribution in [2.45, 2.75) is 57.5 Å². The van der Waals surface area contributed by atoms with Gasteiger partial charge >= 0.3 is 0 Å². The number of nitrogens with one attached hydrogen (secondary N) is 1. The van der Waals surface area contributed by atoms with E-state index in [-0.39, 0.29) is 11.9 Å². The molecular weight excluding hydrogens is 450 g/mol. The zero-order valence-corrected chi connectivity index (χ0v) is 21.8. The summed E-state index contributed by atoms with van der Waals surface area (Å²) >= 11 is 1.71. The number of amides is 1. The Hall–Kier alpha value is -2.21. The van der Waals surface area contributed by atoms with Gasteiger partial charge in [0.15, 0.2) is 0 Å². The first kappa shape index (κ1) is 23.2. The summed E-state index contributed by atoms with van der Waals surface area (Å²) in [7, 11) is 0. The Morgan fingerprint density at radius 3 is 2.63 bits per heavy atom.